The number of hydrogen-bond donors (Lipinski definition) is 1. The van der Waals surface area contributed by atoms with E-state index >= 15 is 0 Å². The van der Waals surface area contributed by atoms with Crippen LogP contribution in [0.5, 0.6) is 0 Å². The third-order valence-corrected chi connectivity index (χ3v) is 4.40. The Kier molecular flexibility index (Phi) is 3.72. The average molecular weight is 340 g/mol. The van der Waals surface area contributed by atoms with E-state index < -0.39 is 6.09 Å². The van der Waals surface area contributed by atoms with Crippen LogP contribution in [0.25, 0.3) is 10.9 Å². The number of nitrogens with one attached hydrogen (secondary N) is 1. The molecule has 0 radical (unpaired) electrons. The molecule has 2 aliphatic heterocycles. The fourth-order valence-corrected chi connectivity index (χ4v) is 3.07. The smallest absolute Gasteiger partial charge is 0.417 e. The Morgan fingerprint density at radius 2 is 2.04 bits per heavy atom. The van der Waals surface area contributed by atoms with Crippen LogP contribution in [-0.2, 0) is 9.53 Å². The van der Waals surface area contributed by atoms with Crippen LogP contribution < -0.4 is 5.32 Å². The Morgan fingerprint density at radius 1 is 1.24 bits per heavy atom. The number of urea groups is 1. The van der Waals surface area contributed by atoms with Crippen molar-refractivity contribution in [1.82, 2.24) is 14.8 Å². The van der Waals surface area contributed by atoms with Crippen molar-refractivity contribution in [2.75, 3.05) is 31.6 Å². The molecule has 8 nitrogen and oxygen atoms in total. The third kappa shape index (κ3) is 2.86. The van der Waals surface area contributed by atoms with Crippen molar-refractivity contribution in [2.45, 2.75) is 0 Å². The number of aromatic nitrogens is 1. The maximum absolute atomic E-state index is 12.4. The minimum absolute atomic E-state index is 0.0750. The van der Waals surface area contributed by atoms with E-state index in [2.05, 4.69) is 15.0 Å². The molecular weight excluding hydrogens is 324 g/mol. The number of hydrogen-bond acceptors (Lipinski definition) is 5. The summed E-state index contributed by atoms with van der Waals surface area (Å²) in [4.78, 5) is 42.4. The van der Waals surface area contributed by atoms with Crippen molar-refractivity contribution in [2.24, 2.45) is 5.92 Å². The number of fused-ring (bicyclic) bond motifs is 1. The minimum atomic E-state index is -0.602. The van der Waals surface area contributed by atoms with Gasteiger partial charge in [0, 0.05) is 37.1 Å². The number of pyridine rings is 1. The number of amides is 4. The second kappa shape index (κ2) is 6.04. The molecule has 2 saturated heterocycles. The number of carbonyl (C=O) groups excluding carboxylic acids is 3. The Balaban J connectivity index is 1.36. The van der Waals surface area contributed by atoms with Crippen LogP contribution in [0.4, 0.5) is 15.3 Å². The SMILES string of the molecule is O=C(Nc1cccc2cccnc12)N1CC(CN2C(=O)COC2=O)C1. The van der Waals surface area contributed by atoms with Gasteiger partial charge in [0.2, 0.25) is 0 Å². The predicted octanol–water partition coefficient (Wildman–Crippen LogP) is 1.68. The van der Waals surface area contributed by atoms with Gasteiger partial charge in [-0.1, -0.05) is 18.2 Å². The van der Waals surface area contributed by atoms with Gasteiger partial charge in [0.05, 0.1) is 11.2 Å². The Bertz CT molecular complexity index is 841. The molecule has 0 aliphatic carbocycles. The number of anilines is 1. The molecule has 128 valence electrons. The number of cyclic esters (lactones) is 1. The molecule has 8 heteroatoms. The third-order valence-electron chi connectivity index (χ3n) is 4.40. The maximum atomic E-state index is 12.4. The zero-order valence-electron chi connectivity index (χ0n) is 13.3. The van der Waals surface area contributed by atoms with Crippen molar-refractivity contribution in [3.63, 3.8) is 0 Å². The van der Waals surface area contributed by atoms with Crippen LogP contribution in [0, 0.1) is 5.92 Å². The Morgan fingerprint density at radius 3 is 2.80 bits per heavy atom. The first-order valence-corrected chi connectivity index (χ1v) is 7.98. The second-order valence-corrected chi connectivity index (χ2v) is 6.14. The van der Waals surface area contributed by atoms with Gasteiger partial charge in [-0.2, -0.15) is 0 Å². The van der Waals surface area contributed by atoms with Crippen molar-refractivity contribution in [1.29, 1.82) is 0 Å². The van der Waals surface area contributed by atoms with Gasteiger partial charge in [0.25, 0.3) is 5.91 Å². The second-order valence-electron chi connectivity index (χ2n) is 6.14. The number of ether oxygens (including phenoxy) is 1. The van der Waals surface area contributed by atoms with Gasteiger partial charge in [-0.15, -0.1) is 0 Å². The summed E-state index contributed by atoms with van der Waals surface area (Å²) < 4.78 is 4.68. The van der Waals surface area contributed by atoms with Crippen molar-refractivity contribution in [3.05, 3.63) is 36.5 Å². The zero-order chi connectivity index (χ0) is 17.4. The van der Waals surface area contributed by atoms with Crippen LogP contribution in [-0.4, -0.2) is 59.1 Å². The molecular formula is C17H16N4O4. The lowest BCUT2D eigenvalue weighted by Gasteiger charge is -2.40. The summed E-state index contributed by atoms with van der Waals surface area (Å²) >= 11 is 0. The number of imide groups is 1. The number of nitrogens with zero attached hydrogens (tertiary/aromatic N) is 3. The van der Waals surface area contributed by atoms with Gasteiger partial charge in [-0.25, -0.2) is 14.5 Å². The van der Waals surface area contributed by atoms with E-state index in [1.54, 1.807) is 11.1 Å². The largest absolute Gasteiger partial charge is 0.439 e. The highest BCUT2D eigenvalue weighted by molar-refractivity contribution is 6.00. The molecule has 4 rings (SSSR count). The van der Waals surface area contributed by atoms with Crippen LogP contribution in [0.1, 0.15) is 0 Å². The molecule has 1 N–H and O–H groups in total. The molecule has 0 bridgehead atoms. The number of likely N-dealkylation sites (tertiary alicyclic amines) is 1. The van der Waals surface area contributed by atoms with Crippen LogP contribution in [0.15, 0.2) is 36.5 Å². The summed E-state index contributed by atoms with van der Waals surface area (Å²) in [6.45, 7) is 1.07. The summed E-state index contributed by atoms with van der Waals surface area (Å²) in [6.07, 6.45) is 1.08. The standard InChI is InChI=1S/C17H16N4O4/c22-14-10-25-17(24)21(14)9-11-7-20(8-11)16(23)19-13-5-1-3-12-4-2-6-18-15(12)13/h1-6,11H,7-10H2,(H,19,23). The summed E-state index contributed by atoms with van der Waals surface area (Å²) in [5, 5.41) is 3.82. The topological polar surface area (TPSA) is 91.8 Å². The number of benzene rings is 1. The minimum Gasteiger partial charge on any atom is -0.439 e. The quantitative estimate of drug-likeness (QED) is 0.918. The molecule has 0 spiro atoms. The first kappa shape index (κ1) is 15.4. The number of carbonyl (C=O) groups is 3. The van der Waals surface area contributed by atoms with Gasteiger partial charge in [0.15, 0.2) is 6.61 Å². The molecule has 2 aliphatic rings. The van der Waals surface area contributed by atoms with E-state index in [0.29, 0.717) is 18.8 Å². The Labute approximate surface area is 143 Å². The maximum Gasteiger partial charge on any atom is 0.417 e. The predicted molar refractivity (Wildman–Crippen MR) is 88.9 cm³/mol. The molecule has 2 aromatic rings. The molecule has 25 heavy (non-hydrogen) atoms. The number of para-hydroxylation sites is 1. The molecule has 0 saturated carbocycles. The van der Waals surface area contributed by atoms with Gasteiger partial charge < -0.3 is 15.0 Å². The van der Waals surface area contributed by atoms with Gasteiger partial charge in [0.1, 0.15) is 0 Å². The van der Waals surface area contributed by atoms with Crippen LogP contribution >= 0.6 is 0 Å². The summed E-state index contributed by atoms with van der Waals surface area (Å²) in [5.41, 5.74) is 1.39. The lowest BCUT2D eigenvalue weighted by atomic mass is 10.00. The van der Waals surface area contributed by atoms with Gasteiger partial charge >= 0.3 is 12.1 Å². The molecule has 1 aromatic heterocycles. The fraction of sp³-hybridized carbons (Fsp3) is 0.294. The Hall–Kier alpha value is -3.16. The van der Waals surface area contributed by atoms with E-state index in [-0.39, 0.29) is 31.0 Å². The number of rotatable bonds is 3. The normalized spacial score (nSPS) is 17.6. The molecule has 0 unspecified atom stereocenters. The average Bonchev–Trinajstić information content (AvgIpc) is 2.89. The van der Waals surface area contributed by atoms with Crippen LogP contribution in [0.2, 0.25) is 0 Å². The highest BCUT2D eigenvalue weighted by atomic mass is 16.6. The van der Waals surface area contributed by atoms with Gasteiger partial charge in [-0.3, -0.25) is 9.78 Å². The summed E-state index contributed by atoms with van der Waals surface area (Å²) in [5.74, 6) is -0.249. The van der Waals surface area contributed by atoms with E-state index in [4.69, 9.17) is 0 Å². The van der Waals surface area contributed by atoms with E-state index in [0.717, 1.165) is 15.8 Å². The first-order valence-electron chi connectivity index (χ1n) is 7.98. The molecule has 3 heterocycles. The lowest BCUT2D eigenvalue weighted by molar-refractivity contribution is -0.126. The molecule has 2 fully saturated rings. The van der Waals surface area contributed by atoms with Gasteiger partial charge in [-0.05, 0) is 12.1 Å². The first-order chi connectivity index (χ1) is 12.1. The monoisotopic (exact) mass is 340 g/mol. The van der Waals surface area contributed by atoms with Crippen molar-refractivity contribution < 1.29 is 19.1 Å². The summed E-state index contributed by atoms with van der Waals surface area (Å²) in [7, 11) is 0. The summed E-state index contributed by atoms with van der Waals surface area (Å²) in [6, 6.07) is 9.17. The highest BCUT2D eigenvalue weighted by Gasteiger charge is 2.38. The van der Waals surface area contributed by atoms with E-state index in [9.17, 15) is 14.4 Å². The van der Waals surface area contributed by atoms with Crippen molar-refractivity contribution in [3.8, 4) is 0 Å². The van der Waals surface area contributed by atoms with Crippen molar-refractivity contribution >= 4 is 34.6 Å². The highest BCUT2D eigenvalue weighted by Crippen LogP contribution is 2.24. The molecule has 0 atom stereocenters. The van der Waals surface area contributed by atoms with E-state index in [1.165, 1.54) is 0 Å². The molecule has 4 amide bonds. The zero-order valence-corrected chi connectivity index (χ0v) is 13.3. The van der Waals surface area contributed by atoms with Crippen LogP contribution in [0.3, 0.4) is 0 Å². The van der Waals surface area contributed by atoms with E-state index in [1.807, 2.05) is 30.3 Å². The molecule has 1 aromatic carbocycles. The fourth-order valence-electron chi connectivity index (χ4n) is 3.07. The lowest BCUT2D eigenvalue weighted by Crippen LogP contribution is -2.55.